The zero-order chi connectivity index (χ0) is 70.2. The third-order valence-corrected chi connectivity index (χ3v) is 17.6. The first kappa shape index (κ1) is 76.0. The molecule has 13 rings (SSSR count). The molecule has 0 saturated carbocycles. The Morgan fingerprint density at radius 2 is 0.989 bits per heavy atom. The Morgan fingerprint density at radius 3 is 1.51 bits per heavy atom. The summed E-state index contributed by atoms with van der Waals surface area (Å²) in [5.41, 5.74) is 14.7. The Balaban J connectivity index is 0.000000172. The molecular weight excluding hydrogens is 1180 g/mol. The molecule has 0 atom stereocenters. The average Bonchev–Trinajstić information content (AvgIpc) is 1.73. The summed E-state index contributed by atoms with van der Waals surface area (Å²) in [4.78, 5) is 17.2. The number of H-pyrrole nitrogens is 1. The number of rotatable bonds is 0. The number of thiophene rings is 1. The van der Waals surface area contributed by atoms with Gasteiger partial charge in [-0.25, -0.2) is 0 Å². The lowest BCUT2D eigenvalue weighted by atomic mass is 9.83. The van der Waals surface area contributed by atoms with E-state index in [1.165, 1.54) is 70.3 Å². The molecule has 2 aliphatic rings. The van der Waals surface area contributed by atoms with E-state index in [0.29, 0.717) is 6.79 Å². The number of benzene rings is 5. The quantitative estimate of drug-likeness (QED) is 0.163. The van der Waals surface area contributed by atoms with Gasteiger partial charge in [0.05, 0.1) is 0 Å². The first-order valence-corrected chi connectivity index (χ1v) is 34.5. The fraction of sp³-hybridized carbons (Fsp3) is 0.391. The molecule has 1 N–H and O–H groups in total. The number of hydrogen-bond donors (Lipinski definition) is 1. The van der Waals surface area contributed by atoms with Crippen molar-refractivity contribution in [1.82, 2.24) is 19.9 Å². The number of nitrogens with one attached hydrogen (secondary N) is 1. The Hall–Kier alpha value is -8.07. The molecule has 7 heterocycles. The number of nitrogens with zero attached hydrogens (tertiary/aromatic N) is 3. The first-order chi connectivity index (χ1) is 44.2. The first-order valence-electron chi connectivity index (χ1n) is 33.7. The second-order valence-electron chi connectivity index (χ2n) is 32.8. The van der Waals surface area contributed by atoms with Crippen molar-refractivity contribution >= 4 is 48.9 Å². The van der Waals surface area contributed by atoms with Crippen LogP contribution in [-0.4, -0.2) is 26.7 Å². The summed E-state index contributed by atoms with van der Waals surface area (Å²) in [5, 5.41) is 3.86. The number of ether oxygens (including phenoxy) is 2. The normalized spacial score (nSPS) is 12.8. The van der Waals surface area contributed by atoms with Gasteiger partial charge in [0.1, 0.15) is 11.3 Å². The molecule has 5 aromatic carbocycles. The maximum atomic E-state index is 5.73. The maximum Gasteiger partial charge on any atom is 0.231 e. The van der Waals surface area contributed by atoms with Gasteiger partial charge in [-0.15, -0.1) is 11.3 Å². The number of aromatic nitrogens is 4. The largest absolute Gasteiger partial charge is 0.461 e. The summed E-state index contributed by atoms with van der Waals surface area (Å²) >= 11 is 1.90. The maximum absolute atomic E-state index is 5.73. The van der Waals surface area contributed by atoms with Crippen molar-refractivity contribution in [3.8, 4) is 11.5 Å². The lowest BCUT2D eigenvalue weighted by Gasteiger charge is -2.21. The number of fused-ring (bicyclic) bond motifs is 5. The van der Waals surface area contributed by atoms with Crippen LogP contribution in [0.5, 0.6) is 11.5 Å². The summed E-state index contributed by atoms with van der Waals surface area (Å²) in [7, 11) is 0. The Kier molecular flexibility index (Phi) is 25.7. The van der Waals surface area contributed by atoms with Gasteiger partial charge in [0.2, 0.25) is 6.79 Å². The van der Waals surface area contributed by atoms with Crippen molar-refractivity contribution in [2.45, 2.75) is 210 Å². The minimum Gasteiger partial charge on any atom is -0.461 e. The summed E-state index contributed by atoms with van der Waals surface area (Å²) in [6, 6.07) is 60.8. The Bertz CT molecular complexity index is 3720. The van der Waals surface area contributed by atoms with E-state index >= 15 is 0 Å². The van der Waals surface area contributed by atoms with E-state index in [0.717, 1.165) is 35.0 Å². The average molecular weight is 1290 g/mol. The van der Waals surface area contributed by atoms with Crippen LogP contribution in [0.2, 0.25) is 0 Å². The summed E-state index contributed by atoms with van der Waals surface area (Å²) < 4.78 is 17.7. The molecule has 0 fully saturated rings. The van der Waals surface area contributed by atoms with E-state index in [1.807, 2.05) is 78.6 Å². The van der Waals surface area contributed by atoms with Gasteiger partial charge in [-0.1, -0.05) is 269 Å². The van der Waals surface area contributed by atoms with Crippen molar-refractivity contribution < 1.29 is 13.9 Å². The highest BCUT2D eigenvalue weighted by Gasteiger charge is 2.25. The van der Waals surface area contributed by atoms with Gasteiger partial charge >= 0.3 is 0 Å². The SMILES string of the molecule is CC(C)(C)C1=CCc2ccccc21.CC(C)(C)c1cc2ccccc2[nH]1.CC(C)(C)c1cc2ccccc2o1.CC(C)(C)c1cc2ccccc2s1.CC(C)(C)c1ccc2c(c1)OCO2.CC(C)(C)c1ccccn1.CC(C)(C)c1cccnc1.CC(C)(C)c1ccncc1. The molecule has 1 aliphatic carbocycles. The fourth-order valence-electron chi connectivity index (χ4n) is 10.0. The van der Waals surface area contributed by atoms with E-state index in [2.05, 4.69) is 326 Å². The molecule has 6 aromatic heterocycles. The molecule has 0 saturated heterocycles. The van der Waals surface area contributed by atoms with Gasteiger partial charge in [-0.3, -0.25) is 15.0 Å². The molecule has 8 heteroatoms. The van der Waals surface area contributed by atoms with Crippen LogP contribution in [0.4, 0.5) is 0 Å². The minimum atomic E-state index is 0.0962. The Labute approximate surface area is 576 Å². The monoisotopic (exact) mass is 1290 g/mol. The molecule has 0 amide bonds. The van der Waals surface area contributed by atoms with Gasteiger partial charge in [0, 0.05) is 79.1 Å². The van der Waals surface area contributed by atoms with Crippen LogP contribution in [0.25, 0.3) is 37.5 Å². The smallest absolute Gasteiger partial charge is 0.231 e. The number of hydrogen-bond acceptors (Lipinski definition) is 7. The zero-order valence-electron chi connectivity index (χ0n) is 62.1. The van der Waals surface area contributed by atoms with Crippen molar-refractivity contribution in [2.75, 3.05) is 6.79 Å². The van der Waals surface area contributed by atoms with Crippen molar-refractivity contribution in [2.24, 2.45) is 5.41 Å². The van der Waals surface area contributed by atoms with E-state index < -0.39 is 0 Å². The predicted molar refractivity (Wildman–Crippen MR) is 410 cm³/mol. The molecule has 7 nitrogen and oxygen atoms in total. The van der Waals surface area contributed by atoms with Crippen LogP contribution >= 0.6 is 11.3 Å². The summed E-state index contributed by atoms with van der Waals surface area (Å²) in [6.45, 7) is 53.3. The van der Waals surface area contributed by atoms with Crippen LogP contribution in [-0.2, 0) is 44.3 Å². The molecule has 1 aliphatic heterocycles. The minimum absolute atomic E-state index is 0.0962. The molecule has 0 bridgehead atoms. The van der Waals surface area contributed by atoms with Gasteiger partial charge in [0.25, 0.3) is 0 Å². The fourth-order valence-corrected chi connectivity index (χ4v) is 11.1. The van der Waals surface area contributed by atoms with Crippen LogP contribution < -0.4 is 9.47 Å². The van der Waals surface area contributed by atoms with Crippen molar-refractivity contribution in [3.05, 3.63) is 263 Å². The second-order valence-corrected chi connectivity index (χ2v) is 33.9. The van der Waals surface area contributed by atoms with Crippen LogP contribution in [0.3, 0.4) is 0 Å². The van der Waals surface area contributed by atoms with Crippen LogP contribution in [0.1, 0.15) is 216 Å². The van der Waals surface area contributed by atoms with E-state index in [4.69, 9.17) is 13.9 Å². The Morgan fingerprint density at radius 1 is 0.400 bits per heavy atom. The highest BCUT2D eigenvalue weighted by molar-refractivity contribution is 7.19. The van der Waals surface area contributed by atoms with Crippen molar-refractivity contribution in [1.29, 1.82) is 0 Å². The molecule has 504 valence electrons. The number of pyridine rings is 3. The topological polar surface area (TPSA) is 86.1 Å². The number of allylic oxidation sites excluding steroid dienone is 2. The summed E-state index contributed by atoms with van der Waals surface area (Å²) in [5.74, 6) is 2.77. The van der Waals surface area contributed by atoms with Gasteiger partial charge in [-0.2, -0.15) is 0 Å². The third-order valence-electron chi connectivity index (χ3n) is 16.1. The second kappa shape index (κ2) is 32.1. The van der Waals surface area contributed by atoms with E-state index in [-0.39, 0.29) is 43.3 Å². The molecule has 0 unspecified atom stereocenters. The third kappa shape index (κ3) is 23.7. The van der Waals surface area contributed by atoms with Crippen LogP contribution in [0.15, 0.2) is 217 Å². The van der Waals surface area contributed by atoms with Crippen molar-refractivity contribution in [3.63, 3.8) is 0 Å². The van der Waals surface area contributed by atoms with E-state index in [9.17, 15) is 0 Å². The molecule has 11 aromatic rings. The zero-order valence-corrected chi connectivity index (χ0v) is 62.9. The number of para-hydroxylation sites is 2. The number of furan rings is 1. The van der Waals surface area contributed by atoms with Gasteiger partial charge in [-0.05, 0) is 157 Å². The predicted octanol–water partition coefficient (Wildman–Crippen LogP) is 24.9. The van der Waals surface area contributed by atoms with E-state index in [1.54, 1.807) is 6.20 Å². The molecule has 0 radical (unpaired) electrons. The highest BCUT2D eigenvalue weighted by atomic mass is 32.1. The highest BCUT2D eigenvalue weighted by Crippen LogP contribution is 2.41. The van der Waals surface area contributed by atoms with Gasteiger partial charge in [0.15, 0.2) is 11.5 Å². The van der Waals surface area contributed by atoms with Crippen LogP contribution in [0, 0.1) is 5.41 Å². The lowest BCUT2D eigenvalue weighted by molar-refractivity contribution is 0.174. The lowest BCUT2D eigenvalue weighted by Crippen LogP contribution is -2.12. The standard InChI is InChI=1S/C13H16.C12H15N.C12H14O.C12H14S.C11H14O2.3C9H13N/c1-13(2,3)12-9-8-10-6-4-5-7-11(10)12;3*1-12(2,3)11-8-9-6-4-5-7-10(9)13-11;1-11(2,3)8-4-5-9-10(6-8)13-7-12-9;1-9(2,3)8-4-6-10-7-5-8;1-9(2,3)8-5-4-6-10-7-8;1-9(2,3)8-6-4-5-7-10-8/h4-7,9H,8H2,1-3H3;4-8,13H,1-3H3;2*4-8H,1-3H3;4-6H,7H2,1-3H3;3*4-7H,1-3H3. The molecule has 0 spiro atoms. The van der Waals surface area contributed by atoms with Gasteiger partial charge < -0.3 is 18.9 Å². The summed E-state index contributed by atoms with van der Waals surface area (Å²) in [6.07, 6.45) is 12.7. The molecular formula is C87H112N4O3S. The number of aromatic amines is 1. The molecule has 95 heavy (non-hydrogen) atoms.